The number of nitrogens with zero attached hydrogens (tertiary/aromatic N) is 1. The summed E-state index contributed by atoms with van der Waals surface area (Å²) >= 11 is 0. The van der Waals surface area contributed by atoms with E-state index >= 15 is 0 Å². The number of hydrogen-bond acceptors (Lipinski definition) is 6. The molecule has 4 unspecified atom stereocenters. The van der Waals surface area contributed by atoms with Gasteiger partial charge in [-0.1, -0.05) is 60.7 Å². The molecule has 0 saturated carbocycles. The second kappa shape index (κ2) is 11.1. The summed E-state index contributed by atoms with van der Waals surface area (Å²) in [4.78, 5) is 26.2. The number of amides is 2. The van der Waals surface area contributed by atoms with Gasteiger partial charge in [-0.2, -0.15) is 0 Å². The lowest BCUT2D eigenvalue weighted by atomic mass is 9.87. The predicted molar refractivity (Wildman–Crippen MR) is 133 cm³/mol. The minimum Gasteiger partial charge on any atom is -0.465 e. The average Bonchev–Trinajstić information content (AvgIpc) is 2.72. The number of ether oxygens (including phenoxy) is 1. The molecule has 0 aliphatic rings. The Kier molecular flexibility index (Phi) is 8.89. The van der Waals surface area contributed by atoms with Crippen LogP contribution in [-0.4, -0.2) is 61.5 Å². The maximum atomic E-state index is 12.8. The van der Waals surface area contributed by atoms with E-state index in [4.69, 9.17) is 10.5 Å². The normalized spacial score (nSPS) is 16.8. The molecule has 2 aromatic rings. The van der Waals surface area contributed by atoms with Crippen LogP contribution in [0.3, 0.4) is 0 Å². The molecule has 35 heavy (non-hydrogen) atoms. The van der Waals surface area contributed by atoms with E-state index < -0.39 is 41.3 Å². The number of carbonyl (C=O) groups is 2. The number of nitrogens with one attached hydrogen (secondary N) is 1. The van der Waals surface area contributed by atoms with Crippen molar-refractivity contribution in [2.45, 2.75) is 76.6 Å². The minimum absolute atomic E-state index is 0.0146. The van der Waals surface area contributed by atoms with Crippen molar-refractivity contribution in [3.05, 3.63) is 71.8 Å². The Hall–Kier alpha value is -3.14. The van der Waals surface area contributed by atoms with E-state index in [0.717, 1.165) is 4.90 Å². The Morgan fingerprint density at radius 2 is 1.43 bits per heavy atom. The molecular formula is C26H37N3O6. The molecule has 6 N–H and O–H groups in total. The molecule has 9 heteroatoms. The van der Waals surface area contributed by atoms with Gasteiger partial charge in [-0.05, 0) is 45.7 Å². The van der Waals surface area contributed by atoms with Crippen molar-refractivity contribution in [3.8, 4) is 0 Å². The third-order valence-electron chi connectivity index (χ3n) is 5.61. The van der Waals surface area contributed by atoms with Crippen LogP contribution >= 0.6 is 0 Å². The summed E-state index contributed by atoms with van der Waals surface area (Å²) in [5, 5.41) is 35.1. The zero-order valence-corrected chi connectivity index (χ0v) is 20.9. The van der Waals surface area contributed by atoms with Gasteiger partial charge >= 0.3 is 12.2 Å². The number of aliphatic hydroxyl groups excluding tert-OH is 1. The molecule has 2 rings (SSSR count). The molecule has 0 fully saturated rings. The molecule has 0 radical (unpaired) electrons. The van der Waals surface area contributed by atoms with E-state index in [-0.39, 0.29) is 12.8 Å². The molecule has 0 bridgehead atoms. The minimum atomic E-state index is -1.91. The van der Waals surface area contributed by atoms with Gasteiger partial charge in [0.15, 0.2) is 0 Å². The fourth-order valence-corrected chi connectivity index (χ4v) is 3.91. The number of benzene rings is 2. The Morgan fingerprint density at radius 1 is 0.971 bits per heavy atom. The van der Waals surface area contributed by atoms with Gasteiger partial charge in [0.05, 0.1) is 6.10 Å². The largest absolute Gasteiger partial charge is 0.465 e. The number of carboxylic acid groups (broad SMARTS) is 1. The highest BCUT2D eigenvalue weighted by molar-refractivity contribution is 5.71. The van der Waals surface area contributed by atoms with Crippen LogP contribution < -0.4 is 11.1 Å². The summed E-state index contributed by atoms with van der Waals surface area (Å²) in [5.74, 6) is 0. The van der Waals surface area contributed by atoms with Gasteiger partial charge in [-0.15, -0.1) is 0 Å². The third-order valence-corrected chi connectivity index (χ3v) is 5.61. The molecule has 2 amide bonds. The monoisotopic (exact) mass is 487 g/mol. The van der Waals surface area contributed by atoms with Crippen molar-refractivity contribution >= 4 is 12.2 Å². The summed E-state index contributed by atoms with van der Waals surface area (Å²) in [6.45, 7) is 7.77. The second-order valence-electron chi connectivity index (χ2n) is 10.1. The molecular weight excluding hydrogens is 450 g/mol. The smallest absolute Gasteiger partial charge is 0.410 e. The summed E-state index contributed by atoms with van der Waals surface area (Å²) in [6, 6.07) is 17.8. The van der Waals surface area contributed by atoms with Gasteiger partial charge in [-0.25, -0.2) is 9.59 Å². The van der Waals surface area contributed by atoms with Crippen LogP contribution in [0.1, 0.15) is 45.7 Å². The van der Waals surface area contributed by atoms with Crippen LogP contribution in [0.4, 0.5) is 9.59 Å². The van der Waals surface area contributed by atoms with Gasteiger partial charge in [0.2, 0.25) is 0 Å². The van der Waals surface area contributed by atoms with Gasteiger partial charge in [0.25, 0.3) is 0 Å². The Labute approximate surface area is 206 Å². The van der Waals surface area contributed by atoms with Crippen LogP contribution in [0.5, 0.6) is 0 Å². The summed E-state index contributed by atoms with van der Waals surface area (Å²) in [7, 11) is 0. The summed E-state index contributed by atoms with van der Waals surface area (Å²) in [6.07, 6.45) is -5.49. The van der Waals surface area contributed by atoms with Crippen LogP contribution in [0.15, 0.2) is 60.7 Å². The maximum Gasteiger partial charge on any atom is 0.410 e. The summed E-state index contributed by atoms with van der Waals surface area (Å²) < 4.78 is 5.35. The zero-order chi connectivity index (χ0) is 26.4. The fraction of sp³-hybridized carbons (Fsp3) is 0.462. The Bertz CT molecular complexity index is 976. The van der Waals surface area contributed by atoms with Crippen molar-refractivity contribution < 1.29 is 29.6 Å². The van der Waals surface area contributed by atoms with Crippen LogP contribution in [0.2, 0.25) is 0 Å². The average molecular weight is 488 g/mol. The highest BCUT2D eigenvalue weighted by Gasteiger charge is 2.51. The Balaban J connectivity index is 2.58. The first-order valence-electron chi connectivity index (χ1n) is 11.4. The molecule has 0 aliphatic heterocycles. The van der Waals surface area contributed by atoms with Gasteiger partial charge in [0, 0.05) is 12.8 Å². The van der Waals surface area contributed by atoms with Crippen molar-refractivity contribution in [1.29, 1.82) is 0 Å². The molecule has 4 atom stereocenters. The first-order chi connectivity index (χ1) is 16.2. The number of carbonyl (C=O) groups excluding carboxylic acids is 1. The fourth-order valence-electron chi connectivity index (χ4n) is 3.91. The quantitative estimate of drug-likeness (QED) is 0.342. The van der Waals surface area contributed by atoms with Crippen LogP contribution in [0, 0.1) is 0 Å². The lowest BCUT2D eigenvalue weighted by Crippen LogP contribution is -2.75. The van der Waals surface area contributed by atoms with E-state index in [2.05, 4.69) is 5.32 Å². The van der Waals surface area contributed by atoms with E-state index in [0.29, 0.717) is 11.1 Å². The molecule has 0 spiro atoms. The van der Waals surface area contributed by atoms with E-state index in [1.807, 2.05) is 6.07 Å². The third kappa shape index (κ3) is 7.68. The summed E-state index contributed by atoms with van der Waals surface area (Å²) in [5.41, 5.74) is 3.36. The lowest BCUT2D eigenvalue weighted by molar-refractivity contribution is -0.104. The number of nitrogens with two attached hydrogens (primary N) is 1. The highest BCUT2D eigenvalue weighted by Crippen LogP contribution is 2.29. The van der Waals surface area contributed by atoms with Crippen molar-refractivity contribution in [2.24, 2.45) is 5.73 Å². The van der Waals surface area contributed by atoms with Gasteiger partial charge in [-0.3, -0.25) is 10.2 Å². The predicted octanol–water partition coefficient (Wildman–Crippen LogP) is 3.09. The highest BCUT2D eigenvalue weighted by atomic mass is 16.6. The van der Waals surface area contributed by atoms with Gasteiger partial charge < -0.3 is 25.8 Å². The molecule has 192 valence electrons. The first-order valence-corrected chi connectivity index (χ1v) is 11.4. The topological polar surface area (TPSA) is 145 Å². The van der Waals surface area contributed by atoms with E-state index in [1.54, 1.807) is 75.4 Å². The molecule has 9 nitrogen and oxygen atoms in total. The van der Waals surface area contributed by atoms with Gasteiger partial charge in [0.1, 0.15) is 23.0 Å². The SMILES string of the molecule is CC(O)C(N)(Cc1ccccc1)N(C(=O)O)C(NC(=O)OC(C)(C)C)C(C)(O)Cc1ccccc1. The number of hydrogen-bond donors (Lipinski definition) is 5. The number of rotatable bonds is 9. The number of aliphatic hydroxyl groups is 2. The van der Waals surface area contributed by atoms with E-state index in [9.17, 15) is 24.9 Å². The standard InChI is InChI=1S/C26H37N3O6/c1-18(30)26(27,17-20-14-10-7-11-15-20)29(23(32)33)21(28-22(31)35-24(2,3)4)25(5,34)16-19-12-8-6-9-13-19/h6-15,18,21,30,34H,16-17,27H2,1-5H3,(H,28,31)(H,32,33). The van der Waals surface area contributed by atoms with Crippen molar-refractivity contribution in [3.63, 3.8) is 0 Å². The second-order valence-corrected chi connectivity index (χ2v) is 10.1. The molecule has 0 heterocycles. The zero-order valence-electron chi connectivity index (χ0n) is 20.9. The Morgan fingerprint density at radius 3 is 1.83 bits per heavy atom. The van der Waals surface area contributed by atoms with Crippen LogP contribution in [-0.2, 0) is 17.6 Å². The molecule has 0 aliphatic carbocycles. The maximum absolute atomic E-state index is 12.8. The van der Waals surface area contributed by atoms with Crippen molar-refractivity contribution in [1.82, 2.24) is 10.2 Å². The van der Waals surface area contributed by atoms with E-state index in [1.165, 1.54) is 13.8 Å². The first kappa shape index (κ1) is 28.1. The molecule has 0 saturated heterocycles. The lowest BCUT2D eigenvalue weighted by Gasteiger charge is -2.49. The number of alkyl carbamates (subject to hydrolysis) is 1. The molecule has 0 aromatic heterocycles. The molecule has 2 aromatic carbocycles. The van der Waals surface area contributed by atoms with Crippen molar-refractivity contribution in [2.75, 3.05) is 0 Å². The van der Waals surface area contributed by atoms with Crippen LogP contribution in [0.25, 0.3) is 0 Å².